The molecule has 0 saturated carbocycles. The summed E-state index contributed by atoms with van der Waals surface area (Å²) in [5.41, 5.74) is 1.31. The number of amides is 2. The minimum absolute atomic E-state index is 0.00831. The summed E-state index contributed by atoms with van der Waals surface area (Å²) in [5.74, 6) is -1.27. The van der Waals surface area contributed by atoms with Gasteiger partial charge in [-0.2, -0.15) is 0 Å². The van der Waals surface area contributed by atoms with Crippen molar-refractivity contribution in [3.63, 3.8) is 0 Å². The van der Waals surface area contributed by atoms with Gasteiger partial charge in [0.25, 0.3) is 15.9 Å². The number of carbonyl (C=O) groups excluding carboxylic acids is 2. The lowest BCUT2D eigenvalue weighted by Gasteiger charge is -2.07. The van der Waals surface area contributed by atoms with Gasteiger partial charge >= 0.3 is 0 Å². The first kappa shape index (κ1) is 21.4. The molecule has 1 heterocycles. The average molecular weight is 449 g/mol. The van der Waals surface area contributed by atoms with Crippen LogP contribution in [0.15, 0.2) is 53.4 Å². The number of sulfonamides is 1. The van der Waals surface area contributed by atoms with Gasteiger partial charge in [0, 0.05) is 18.3 Å². The van der Waals surface area contributed by atoms with Gasteiger partial charge in [-0.1, -0.05) is 17.4 Å². The Kier molecular flexibility index (Phi) is 6.13. The van der Waals surface area contributed by atoms with E-state index in [-0.39, 0.29) is 20.8 Å². The monoisotopic (exact) mass is 448 g/mol. The van der Waals surface area contributed by atoms with Crippen LogP contribution in [0.5, 0.6) is 0 Å². The smallest absolute Gasteiger partial charge is 0.267 e. The first-order valence-electron chi connectivity index (χ1n) is 8.59. The highest BCUT2D eigenvalue weighted by Gasteiger charge is 2.20. The van der Waals surface area contributed by atoms with Crippen molar-refractivity contribution in [2.45, 2.75) is 18.7 Å². The number of aryl methyl sites for hydroxylation is 1. The molecule has 11 heteroatoms. The Hall–Kier alpha value is -3.31. The molecule has 0 spiro atoms. The van der Waals surface area contributed by atoms with Crippen LogP contribution in [0.2, 0.25) is 0 Å². The van der Waals surface area contributed by atoms with Crippen molar-refractivity contribution in [2.24, 2.45) is 0 Å². The second-order valence-electron chi connectivity index (χ2n) is 6.21. The third kappa shape index (κ3) is 5.19. The van der Waals surface area contributed by atoms with E-state index in [1.807, 2.05) is 0 Å². The molecule has 0 unspecified atom stereocenters. The quantitative estimate of drug-likeness (QED) is 0.533. The molecule has 0 aliphatic rings. The van der Waals surface area contributed by atoms with E-state index in [1.54, 1.807) is 31.2 Å². The fourth-order valence-corrected chi connectivity index (χ4v) is 4.60. The van der Waals surface area contributed by atoms with Crippen LogP contribution in [-0.4, -0.2) is 25.2 Å². The maximum absolute atomic E-state index is 13.0. The zero-order valence-electron chi connectivity index (χ0n) is 15.9. The fraction of sp³-hybridized carbons (Fsp3) is 0.105. The van der Waals surface area contributed by atoms with Crippen LogP contribution < -0.4 is 15.4 Å². The lowest BCUT2D eigenvalue weighted by molar-refractivity contribution is -0.114. The van der Waals surface area contributed by atoms with E-state index in [1.165, 1.54) is 6.92 Å². The molecular weight excluding hydrogens is 431 g/mol. The molecule has 8 nitrogen and oxygen atoms in total. The first-order chi connectivity index (χ1) is 14.1. The number of aromatic nitrogens is 1. The molecule has 1 aromatic heterocycles. The second-order valence-corrected chi connectivity index (χ2v) is 8.89. The number of anilines is 3. The highest BCUT2D eigenvalue weighted by molar-refractivity contribution is 7.93. The lowest BCUT2D eigenvalue weighted by Crippen LogP contribution is -2.12. The van der Waals surface area contributed by atoms with Gasteiger partial charge in [0.1, 0.15) is 10.7 Å². The van der Waals surface area contributed by atoms with E-state index >= 15 is 0 Å². The summed E-state index contributed by atoms with van der Waals surface area (Å²) >= 11 is 0.869. The van der Waals surface area contributed by atoms with Gasteiger partial charge in [-0.15, -0.1) is 0 Å². The molecule has 0 atom stereocenters. The number of hydrogen-bond donors (Lipinski definition) is 3. The number of nitrogens with zero attached hydrogens (tertiary/aromatic N) is 1. The van der Waals surface area contributed by atoms with Crippen LogP contribution >= 0.6 is 11.3 Å². The standard InChI is InChI=1S/C19H17FN4O4S2/c1-11-17(18(26)23-15-5-3-4-14(10-15)22-12(2)25)29-19(21-11)24-30(27,28)16-8-6-13(20)7-9-16/h3-10H,1-2H3,(H,21,24)(H,22,25)(H,23,26). The van der Waals surface area contributed by atoms with Gasteiger partial charge in [0.15, 0.2) is 5.13 Å². The van der Waals surface area contributed by atoms with Gasteiger partial charge in [-0.25, -0.2) is 17.8 Å². The van der Waals surface area contributed by atoms with E-state index in [2.05, 4.69) is 20.3 Å². The summed E-state index contributed by atoms with van der Waals surface area (Å²) in [6.45, 7) is 2.95. The number of halogens is 1. The molecule has 3 N–H and O–H groups in total. The normalized spacial score (nSPS) is 11.0. The molecule has 0 aliphatic carbocycles. The second kappa shape index (κ2) is 8.59. The van der Waals surface area contributed by atoms with Gasteiger partial charge in [0.2, 0.25) is 5.91 Å². The molecule has 0 aliphatic heterocycles. The molecule has 30 heavy (non-hydrogen) atoms. The summed E-state index contributed by atoms with van der Waals surface area (Å²) in [7, 11) is -3.98. The fourth-order valence-electron chi connectivity index (χ4n) is 2.50. The summed E-state index contributed by atoms with van der Waals surface area (Å²) in [5, 5.41) is 5.31. The van der Waals surface area contributed by atoms with Crippen molar-refractivity contribution in [3.8, 4) is 0 Å². The van der Waals surface area contributed by atoms with Crippen molar-refractivity contribution in [2.75, 3.05) is 15.4 Å². The molecule has 0 saturated heterocycles. The largest absolute Gasteiger partial charge is 0.326 e. The van der Waals surface area contributed by atoms with E-state index in [4.69, 9.17) is 0 Å². The van der Waals surface area contributed by atoms with Crippen LogP contribution in [0.1, 0.15) is 22.3 Å². The van der Waals surface area contributed by atoms with Gasteiger partial charge < -0.3 is 10.6 Å². The number of nitrogens with one attached hydrogen (secondary N) is 3. The molecule has 2 amide bonds. The van der Waals surface area contributed by atoms with Gasteiger partial charge in [-0.3, -0.25) is 14.3 Å². The SMILES string of the molecule is CC(=O)Nc1cccc(NC(=O)c2sc(NS(=O)(=O)c3ccc(F)cc3)nc2C)c1. The number of hydrogen-bond acceptors (Lipinski definition) is 6. The van der Waals surface area contributed by atoms with Crippen LogP contribution in [0.3, 0.4) is 0 Å². The Morgan fingerprint density at radius 3 is 2.30 bits per heavy atom. The number of rotatable bonds is 6. The zero-order chi connectivity index (χ0) is 21.9. The van der Waals surface area contributed by atoms with Crippen molar-refractivity contribution >= 4 is 49.7 Å². The molecule has 3 rings (SSSR count). The molecule has 3 aromatic rings. The summed E-state index contributed by atoms with van der Waals surface area (Å²) in [6.07, 6.45) is 0. The van der Waals surface area contributed by atoms with Crippen molar-refractivity contribution in [1.82, 2.24) is 4.98 Å². The van der Waals surface area contributed by atoms with Gasteiger partial charge in [-0.05, 0) is 49.4 Å². The van der Waals surface area contributed by atoms with Crippen LogP contribution in [0.4, 0.5) is 20.9 Å². The van der Waals surface area contributed by atoms with Gasteiger partial charge in [0.05, 0.1) is 10.6 Å². The number of carbonyl (C=O) groups is 2. The molecule has 0 bridgehead atoms. The topological polar surface area (TPSA) is 117 Å². The highest BCUT2D eigenvalue weighted by atomic mass is 32.2. The Labute approximate surface area is 176 Å². The third-order valence-electron chi connectivity index (χ3n) is 3.79. The average Bonchev–Trinajstić information content (AvgIpc) is 3.01. The minimum atomic E-state index is -3.98. The van der Waals surface area contributed by atoms with E-state index < -0.39 is 21.7 Å². The maximum Gasteiger partial charge on any atom is 0.267 e. The summed E-state index contributed by atoms with van der Waals surface area (Å²) < 4.78 is 40.2. The molecular formula is C19H17FN4O4S2. The third-order valence-corrected chi connectivity index (χ3v) is 6.34. The Balaban J connectivity index is 1.76. The first-order valence-corrected chi connectivity index (χ1v) is 10.9. The Morgan fingerprint density at radius 1 is 1.03 bits per heavy atom. The molecule has 0 radical (unpaired) electrons. The van der Waals surface area contributed by atoms with Crippen LogP contribution in [-0.2, 0) is 14.8 Å². The van der Waals surface area contributed by atoms with Crippen LogP contribution in [0, 0.1) is 12.7 Å². The lowest BCUT2D eigenvalue weighted by atomic mass is 10.2. The van der Waals surface area contributed by atoms with E-state index in [0.29, 0.717) is 17.1 Å². The van der Waals surface area contributed by atoms with Crippen molar-refractivity contribution in [3.05, 3.63) is 64.9 Å². The summed E-state index contributed by atoms with van der Waals surface area (Å²) in [4.78, 5) is 28.0. The molecule has 0 fully saturated rings. The predicted octanol–water partition coefficient (Wildman–Crippen LogP) is 3.60. The molecule has 2 aromatic carbocycles. The number of benzene rings is 2. The van der Waals surface area contributed by atoms with Crippen LogP contribution in [0.25, 0.3) is 0 Å². The Morgan fingerprint density at radius 2 is 1.67 bits per heavy atom. The van der Waals surface area contributed by atoms with Crippen molar-refractivity contribution < 1.29 is 22.4 Å². The maximum atomic E-state index is 13.0. The summed E-state index contributed by atoms with van der Waals surface area (Å²) in [6, 6.07) is 10.9. The minimum Gasteiger partial charge on any atom is -0.326 e. The zero-order valence-corrected chi connectivity index (χ0v) is 17.5. The van der Waals surface area contributed by atoms with Crippen molar-refractivity contribution in [1.29, 1.82) is 0 Å². The molecule has 156 valence electrons. The number of thiazole rings is 1. The predicted molar refractivity (Wildman–Crippen MR) is 113 cm³/mol. The van der Waals surface area contributed by atoms with E-state index in [9.17, 15) is 22.4 Å². The Bertz CT molecular complexity index is 1210. The highest BCUT2D eigenvalue weighted by Crippen LogP contribution is 2.26. The van der Waals surface area contributed by atoms with E-state index in [0.717, 1.165) is 35.6 Å².